The van der Waals surface area contributed by atoms with E-state index in [0.29, 0.717) is 30.1 Å². The SMILES string of the molecule is COC(C)(C)CCOC(C)(C)CCSC1CC(=O)N(CCC(=O)NC2C(=O)N3C(C(=O)O)=C(CSc4ccc(C(=O)O)cc4)CSC23)C1=O. The molecule has 16 heteroatoms. The lowest BCUT2D eigenvalue weighted by Gasteiger charge is -2.49. The van der Waals surface area contributed by atoms with Crippen molar-refractivity contribution in [3.05, 3.63) is 41.1 Å². The third kappa shape index (κ3) is 9.81. The highest BCUT2D eigenvalue weighted by atomic mass is 32.2. The van der Waals surface area contributed by atoms with Crippen molar-refractivity contribution >= 4 is 70.9 Å². The first-order valence-electron chi connectivity index (χ1n) is 15.8. The van der Waals surface area contributed by atoms with Crippen LogP contribution in [-0.2, 0) is 33.4 Å². The molecule has 0 aliphatic carbocycles. The Balaban J connectivity index is 1.23. The van der Waals surface area contributed by atoms with Crippen LogP contribution >= 0.6 is 35.3 Å². The lowest BCUT2D eigenvalue weighted by Crippen LogP contribution is -2.70. The highest BCUT2D eigenvalue weighted by molar-refractivity contribution is 8.01. The molecule has 3 atom stereocenters. The molecule has 0 aromatic heterocycles. The normalized spacial score (nSPS) is 21.2. The van der Waals surface area contributed by atoms with Crippen LogP contribution in [0.15, 0.2) is 40.4 Å². The standard InChI is InChI=1S/C33H43N3O10S3/c1-32(2,45-5)11-14-46-33(3,4)12-15-47-22-16-24(38)35(27(22)39)13-10-23(37)34-25-28(40)36-26(31(43)44)20(18-49-29(25)36)17-48-21-8-6-19(7-9-21)30(41)42/h6-9,22,25,29H,10-18H2,1-5H3,(H,34,37)(H,41,42)(H,43,44). The van der Waals surface area contributed by atoms with Crippen molar-refractivity contribution in [3.63, 3.8) is 0 Å². The minimum absolute atomic E-state index is 0.0573. The summed E-state index contributed by atoms with van der Waals surface area (Å²) in [4.78, 5) is 77.9. The maximum atomic E-state index is 13.1. The highest BCUT2D eigenvalue weighted by Gasteiger charge is 2.54. The van der Waals surface area contributed by atoms with E-state index in [-0.39, 0.29) is 53.8 Å². The van der Waals surface area contributed by atoms with Crippen molar-refractivity contribution < 1.29 is 48.5 Å². The number of thioether (sulfide) groups is 3. The molecule has 3 N–H and O–H groups in total. The molecule has 49 heavy (non-hydrogen) atoms. The van der Waals surface area contributed by atoms with E-state index in [9.17, 15) is 33.9 Å². The maximum Gasteiger partial charge on any atom is 0.352 e. The van der Waals surface area contributed by atoms with Gasteiger partial charge in [0, 0.05) is 42.9 Å². The number of rotatable bonds is 18. The molecule has 1 aromatic carbocycles. The number of amides is 4. The summed E-state index contributed by atoms with van der Waals surface area (Å²) >= 11 is 4.07. The molecular weight excluding hydrogens is 695 g/mol. The third-order valence-electron chi connectivity index (χ3n) is 8.62. The molecule has 0 spiro atoms. The van der Waals surface area contributed by atoms with Gasteiger partial charge in [-0.25, -0.2) is 9.59 Å². The summed E-state index contributed by atoms with van der Waals surface area (Å²) in [6.45, 7) is 8.39. The van der Waals surface area contributed by atoms with E-state index in [1.165, 1.54) is 52.3 Å². The summed E-state index contributed by atoms with van der Waals surface area (Å²) in [6.07, 6.45) is 1.29. The van der Waals surface area contributed by atoms with Crippen LogP contribution in [0.1, 0.15) is 63.7 Å². The molecule has 3 unspecified atom stereocenters. The second-order valence-corrected chi connectivity index (χ2v) is 16.6. The Labute approximate surface area is 298 Å². The Morgan fingerprint density at radius 3 is 2.33 bits per heavy atom. The van der Waals surface area contributed by atoms with Gasteiger partial charge in [-0.2, -0.15) is 0 Å². The zero-order valence-electron chi connectivity index (χ0n) is 28.2. The van der Waals surface area contributed by atoms with Crippen molar-refractivity contribution in [2.24, 2.45) is 0 Å². The zero-order valence-corrected chi connectivity index (χ0v) is 30.6. The number of β-lactam (4-membered cyclic amide) rings is 1. The number of carboxylic acid groups (broad SMARTS) is 2. The number of likely N-dealkylation sites (tertiary alicyclic amines) is 1. The second-order valence-electron chi connectivity index (χ2n) is 13.1. The van der Waals surface area contributed by atoms with E-state index < -0.39 is 46.0 Å². The molecule has 3 heterocycles. The van der Waals surface area contributed by atoms with Gasteiger partial charge in [-0.1, -0.05) is 0 Å². The average molecular weight is 738 g/mol. The monoisotopic (exact) mass is 737 g/mol. The van der Waals surface area contributed by atoms with Crippen molar-refractivity contribution in [1.29, 1.82) is 0 Å². The number of benzene rings is 1. The number of fused-ring (bicyclic) bond motifs is 1. The Kier molecular flexibility index (Phi) is 12.9. The summed E-state index contributed by atoms with van der Waals surface area (Å²) in [5.41, 5.74) is -0.124. The molecule has 1 aromatic rings. The van der Waals surface area contributed by atoms with E-state index in [0.717, 1.165) is 16.2 Å². The molecule has 0 saturated carbocycles. The number of nitrogens with one attached hydrogen (secondary N) is 1. The first kappa shape index (κ1) is 38.7. The van der Waals surface area contributed by atoms with E-state index >= 15 is 0 Å². The van der Waals surface area contributed by atoms with Gasteiger partial charge in [0.25, 0.3) is 5.91 Å². The lowest BCUT2D eigenvalue weighted by atomic mass is 10.0. The number of ether oxygens (including phenoxy) is 2. The van der Waals surface area contributed by atoms with Gasteiger partial charge in [-0.15, -0.1) is 35.3 Å². The van der Waals surface area contributed by atoms with Gasteiger partial charge in [0.05, 0.1) is 28.6 Å². The molecule has 268 valence electrons. The van der Waals surface area contributed by atoms with E-state index in [2.05, 4.69) is 5.32 Å². The van der Waals surface area contributed by atoms with Gasteiger partial charge in [-0.3, -0.25) is 29.0 Å². The van der Waals surface area contributed by atoms with Crippen LogP contribution in [0, 0.1) is 0 Å². The van der Waals surface area contributed by atoms with Gasteiger partial charge in [-0.05, 0) is 76.1 Å². The number of hydrogen-bond donors (Lipinski definition) is 3. The van der Waals surface area contributed by atoms with Gasteiger partial charge < -0.3 is 25.0 Å². The second kappa shape index (κ2) is 16.3. The fourth-order valence-corrected chi connectivity index (χ4v) is 9.14. The molecular formula is C33H43N3O10S3. The molecule has 2 saturated heterocycles. The average Bonchev–Trinajstić information content (AvgIpc) is 3.31. The Hall–Kier alpha value is -3.05. The van der Waals surface area contributed by atoms with Crippen molar-refractivity contribution in [1.82, 2.24) is 15.1 Å². The van der Waals surface area contributed by atoms with Crippen LogP contribution in [-0.4, -0.2) is 121 Å². The van der Waals surface area contributed by atoms with Crippen molar-refractivity contribution in [3.8, 4) is 0 Å². The summed E-state index contributed by atoms with van der Waals surface area (Å²) in [5, 5.41) is 20.6. The maximum absolute atomic E-state index is 13.1. The number of aromatic carboxylic acids is 1. The minimum Gasteiger partial charge on any atom is -0.478 e. The summed E-state index contributed by atoms with van der Waals surface area (Å²) in [6, 6.07) is 5.29. The number of carboxylic acids is 2. The van der Waals surface area contributed by atoms with Gasteiger partial charge in [0.2, 0.25) is 17.7 Å². The molecule has 0 radical (unpaired) electrons. The number of imide groups is 1. The van der Waals surface area contributed by atoms with Gasteiger partial charge >= 0.3 is 11.9 Å². The first-order chi connectivity index (χ1) is 23.0. The van der Waals surface area contributed by atoms with Crippen LogP contribution in [0.3, 0.4) is 0 Å². The Morgan fingerprint density at radius 2 is 1.69 bits per heavy atom. The van der Waals surface area contributed by atoms with Crippen LogP contribution in [0.5, 0.6) is 0 Å². The fraction of sp³-hybridized carbons (Fsp3) is 0.576. The Morgan fingerprint density at radius 1 is 1.00 bits per heavy atom. The van der Waals surface area contributed by atoms with Crippen LogP contribution in [0.2, 0.25) is 0 Å². The van der Waals surface area contributed by atoms with E-state index in [4.69, 9.17) is 14.6 Å². The van der Waals surface area contributed by atoms with Crippen molar-refractivity contribution in [2.75, 3.05) is 37.5 Å². The quantitative estimate of drug-likeness (QED) is 0.113. The molecule has 3 aliphatic rings. The van der Waals surface area contributed by atoms with Gasteiger partial charge in [0.1, 0.15) is 17.1 Å². The largest absolute Gasteiger partial charge is 0.478 e. The molecule has 3 aliphatic heterocycles. The number of methoxy groups -OCH3 is 1. The lowest BCUT2D eigenvalue weighted by molar-refractivity contribution is -0.150. The molecule has 13 nitrogen and oxygen atoms in total. The van der Waals surface area contributed by atoms with Gasteiger partial charge in [0.15, 0.2) is 0 Å². The number of carbonyl (C=O) groups is 6. The zero-order chi connectivity index (χ0) is 36.1. The minimum atomic E-state index is -1.25. The molecule has 0 bridgehead atoms. The van der Waals surface area contributed by atoms with Crippen molar-refractivity contribution in [2.45, 2.75) is 86.1 Å². The summed E-state index contributed by atoms with van der Waals surface area (Å²) < 4.78 is 11.5. The topological polar surface area (TPSA) is 180 Å². The highest BCUT2D eigenvalue weighted by Crippen LogP contribution is 2.41. The summed E-state index contributed by atoms with van der Waals surface area (Å²) in [5.74, 6) is -2.81. The molecule has 2 fully saturated rings. The van der Waals surface area contributed by atoms with Crippen LogP contribution in [0.4, 0.5) is 0 Å². The summed E-state index contributed by atoms with van der Waals surface area (Å²) in [7, 11) is 1.67. The number of nitrogens with zero attached hydrogens (tertiary/aromatic N) is 2. The molecule has 4 amide bonds. The number of aliphatic carboxylic acids is 1. The molecule has 4 rings (SSSR count). The number of carbonyl (C=O) groups excluding carboxylic acids is 4. The van der Waals surface area contributed by atoms with Crippen LogP contribution in [0.25, 0.3) is 0 Å². The fourth-order valence-electron chi connectivity index (χ4n) is 5.33. The first-order valence-corrected chi connectivity index (χ1v) is 18.9. The predicted octanol–water partition coefficient (Wildman–Crippen LogP) is 3.47. The number of hydrogen-bond acceptors (Lipinski definition) is 11. The van der Waals surface area contributed by atoms with Crippen LogP contribution < -0.4 is 5.32 Å². The smallest absolute Gasteiger partial charge is 0.352 e. The third-order valence-corrected chi connectivity index (χ3v) is 12.3. The Bertz CT molecular complexity index is 1500. The van der Waals surface area contributed by atoms with E-state index in [1.807, 2.05) is 27.7 Å². The van der Waals surface area contributed by atoms with E-state index in [1.54, 1.807) is 19.2 Å². The predicted molar refractivity (Wildman–Crippen MR) is 186 cm³/mol.